The Hall–Kier alpha value is -0.170. The van der Waals surface area contributed by atoms with Crippen LogP contribution in [-0.2, 0) is 14.8 Å². The average molecular weight is 276 g/mol. The van der Waals surface area contributed by atoms with E-state index >= 15 is 0 Å². The fourth-order valence-corrected chi connectivity index (χ4v) is 3.76. The molecule has 0 bridgehead atoms. The van der Waals surface area contributed by atoms with E-state index in [-0.39, 0.29) is 5.75 Å². The van der Waals surface area contributed by atoms with Crippen molar-refractivity contribution in [2.45, 2.75) is 44.8 Å². The van der Waals surface area contributed by atoms with Gasteiger partial charge < -0.3 is 10.1 Å². The molecule has 0 amide bonds. The van der Waals surface area contributed by atoms with Crippen molar-refractivity contribution in [3.8, 4) is 0 Å². The van der Waals surface area contributed by atoms with Crippen molar-refractivity contribution in [1.82, 2.24) is 9.62 Å². The van der Waals surface area contributed by atoms with Gasteiger partial charge in [-0.3, -0.25) is 0 Å². The van der Waals surface area contributed by atoms with E-state index in [1.54, 1.807) is 11.2 Å². The summed E-state index contributed by atoms with van der Waals surface area (Å²) in [6.45, 7) is 4.81. The summed E-state index contributed by atoms with van der Waals surface area (Å²) in [4.78, 5) is 0. The van der Waals surface area contributed by atoms with E-state index in [4.69, 9.17) is 4.74 Å². The molecule has 2 fully saturated rings. The minimum Gasteiger partial charge on any atom is -0.377 e. The van der Waals surface area contributed by atoms with Crippen molar-refractivity contribution in [1.29, 1.82) is 0 Å². The summed E-state index contributed by atoms with van der Waals surface area (Å²) >= 11 is 0. The molecule has 0 aromatic carbocycles. The minimum absolute atomic E-state index is 0.209. The standard InChI is InChI=1S/C12H24N2O3S/c1-2-18(15,16)14-7-5-11(6-8-14)13-10-12-4-3-9-17-12/h11-13H,2-10H2,1H3. The molecule has 0 saturated carbocycles. The highest BCUT2D eigenvalue weighted by Crippen LogP contribution is 2.16. The molecule has 2 rings (SSSR count). The van der Waals surface area contributed by atoms with Gasteiger partial charge in [-0.05, 0) is 32.6 Å². The number of hydrogen-bond acceptors (Lipinski definition) is 4. The third-order valence-electron chi connectivity index (χ3n) is 3.87. The van der Waals surface area contributed by atoms with Gasteiger partial charge in [-0.25, -0.2) is 12.7 Å². The van der Waals surface area contributed by atoms with Gasteiger partial charge in [0.15, 0.2) is 0 Å². The fourth-order valence-electron chi connectivity index (χ4n) is 2.62. The van der Waals surface area contributed by atoms with Gasteiger partial charge in [-0.15, -0.1) is 0 Å². The molecular weight excluding hydrogens is 252 g/mol. The van der Waals surface area contributed by atoms with Crippen LogP contribution in [-0.4, -0.2) is 56.9 Å². The van der Waals surface area contributed by atoms with Crippen LogP contribution in [0.2, 0.25) is 0 Å². The first-order valence-corrected chi connectivity index (χ1v) is 8.55. The normalized spacial score (nSPS) is 27.7. The molecule has 0 aliphatic carbocycles. The minimum atomic E-state index is -2.99. The van der Waals surface area contributed by atoms with Crippen molar-refractivity contribution in [3.63, 3.8) is 0 Å². The molecule has 5 nitrogen and oxygen atoms in total. The first-order valence-electron chi connectivity index (χ1n) is 6.94. The third kappa shape index (κ3) is 3.66. The van der Waals surface area contributed by atoms with Crippen LogP contribution in [0.1, 0.15) is 32.6 Å². The van der Waals surface area contributed by atoms with Crippen LogP contribution in [0.25, 0.3) is 0 Å². The Bertz CT molecular complexity index is 344. The number of sulfonamides is 1. The van der Waals surface area contributed by atoms with Crippen LogP contribution in [0.15, 0.2) is 0 Å². The smallest absolute Gasteiger partial charge is 0.213 e. The van der Waals surface area contributed by atoms with E-state index in [2.05, 4.69) is 5.32 Å². The molecule has 18 heavy (non-hydrogen) atoms. The lowest BCUT2D eigenvalue weighted by Gasteiger charge is -2.32. The number of ether oxygens (including phenoxy) is 1. The van der Waals surface area contributed by atoms with E-state index in [0.29, 0.717) is 25.2 Å². The Morgan fingerprint density at radius 3 is 2.56 bits per heavy atom. The predicted molar refractivity (Wildman–Crippen MR) is 71.0 cm³/mol. The number of rotatable bonds is 5. The quantitative estimate of drug-likeness (QED) is 0.797. The van der Waals surface area contributed by atoms with Gasteiger partial charge in [-0.2, -0.15) is 0 Å². The van der Waals surface area contributed by atoms with Gasteiger partial charge in [0.05, 0.1) is 11.9 Å². The number of piperidine rings is 1. The summed E-state index contributed by atoms with van der Waals surface area (Å²) in [5, 5.41) is 3.51. The van der Waals surface area contributed by atoms with E-state index in [0.717, 1.165) is 32.4 Å². The Labute approximate surface area is 110 Å². The molecular formula is C12H24N2O3S. The van der Waals surface area contributed by atoms with E-state index in [9.17, 15) is 8.42 Å². The summed E-state index contributed by atoms with van der Waals surface area (Å²) in [5.74, 6) is 0.209. The van der Waals surface area contributed by atoms with Crippen molar-refractivity contribution in [2.75, 3.05) is 32.0 Å². The molecule has 0 aromatic heterocycles. The third-order valence-corrected chi connectivity index (χ3v) is 5.75. The number of nitrogens with one attached hydrogen (secondary N) is 1. The maximum Gasteiger partial charge on any atom is 0.213 e. The largest absolute Gasteiger partial charge is 0.377 e. The zero-order valence-electron chi connectivity index (χ0n) is 11.1. The van der Waals surface area contributed by atoms with Gasteiger partial charge >= 0.3 is 0 Å². The SMILES string of the molecule is CCS(=O)(=O)N1CCC(NCC2CCCO2)CC1. The summed E-state index contributed by atoms with van der Waals surface area (Å²) in [5.41, 5.74) is 0. The van der Waals surface area contributed by atoms with E-state index in [1.807, 2.05) is 0 Å². The molecule has 0 radical (unpaired) electrons. The molecule has 1 unspecified atom stereocenters. The Balaban J connectivity index is 1.70. The molecule has 1 atom stereocenters. The predicted octanol–water partition coefficient (Wildman–Crippen LogP) is 0.569. The lowest BCUT2D eigenvalue weighted by molar-refractivity contribution is 0.105. The summed E-state index contributed by atoms with van der Waals surface area (Å²) in [7, 11) is -2.99. The second-order valence-corrected chi connectivity index (χ2v) is 7.37. The first kappa shape index (κ1) is 14.2. The molecule has 2 aliphatic heterocycles. The molecule has 0 aromatic rings. The summed E-state index contributed by atoms with van der Waals surface area (Å²) in [6.07, 6.45) is 4.50. The van der Waals surface area contributed by atoms with Crippen molar-refractivity contribution in [3.05, 3.63) is 0 Å². The monoisotopic (exact) mass is 276 g/mol. The molecule has 2 saturated heterocycles. The van der Waals surface area contributed by atoms with E-state index in [1.165, 1.54) is 6.42 Å². The first-order chi connectivity index (χ1) is 8.62. The van der Waals surface area contributed by atoms with Gasteiger partial charge in [0.25, 0.3) is 0 Å². The van der Waals surface area contributed by atoms with Crippen molar-refractivity contribution < 1.29 is 13.2 Å². The molecule has 106 valence electrons. The fraction of sp³-hybridized carbons (Fsp3) is 1.00. The van der Waals surface area contributed by atoms with Gasteiger partial charge in [-0.1, -0.05) is 0 Å². The van der Waals surface area contributed by atoms with Crippen LogP contribution >= 0.6 is 0 Å². The Morgan fingerprint density at radius 2 is 2.00 bits per heavy atom. The Morgan fingerprint density at radius 1 is 1.28 bits per heavy atom. The van der Waals surface area contributed by atoms with Crippen LogP contribution in [0.3, 0.4) is 0 Å². The van der Waals surface area contributed by atoms with Crippen LogP contribution < -0.4 is 5.32 Å². The van der Waals surface area contributed by atoms with Crippen LogP contribution in [0.5, 0.6) is 0 Å². The van der Waals surface area contributed by atoms with Gasteiger partial charge in [0.2, 0.25) is 10.0 Å². The molecule has 1 N–H and O–H groups in total. The van der Waals surface area contributed by atoms with Gasteiger partial charge in [0.1, 0.15) is 0 Å². The van der Waals surface area contributed by atoms with Gasteiger partial charge in [0, 0.05) is 32.3 Å². The highest BCUT2D eigenvalue weighted by Gasteiger charge is 2.27. The maximum atomic E-state index is 11.7. The number of nitrogens with zero attached hydrogens (tertiary/aromatic N) is 1. The highest BCUT2D eigenvalue weighted by atomic mass is 32.2. The zero-order valence-corrected chi connectivity index (χ0v) is 11.9. The average Bonchev–Trinajstić information content (AvgIpc) is 2.90. The molecule has 2 heterocycles. The maximum absolute atomic E-state index is 11.7. The Kier molecular flexibility index (Phi) is 5.00. The molecule has 6 heteroatoms. The van der Waals surface area contributed by atoms with Crippen molar-refractivity contribution in [2.24, 2.45) is 0 Å². The second kappa shape index (κ2) is 6.32. The molecule has 0 spiro atoms. The van der Waals surface area contributed by atoms with Crippen LogP contribution in [0, 0.1) is 0 Å². The summed E-state index contributed by atoms with van der Waals surface area (Å²) in [6, 6.07) is 0.442. The lowest BCUT2D eigenvalue weighted by atomic mass is 10.1. The van der Waals surface area contributed by atoms with Crippen LogP contribution in [0.4, 0.5) is 0 Å². The molecule has 2 aliphatic rings. The van der Waals surface area contributed by atoms with E-state index < -0.39 is 10.0 Å². The number of hydrogen-bond donors (Lipinski definition) is 1. The lowest BCUT2D eigenvalue weighted by Crippen LogP contribution is -2.46. The second-order valence-electron chi connectivity index (χ2n) is 5.12. The highest BCUT2D eigenvalue weighted by molar-refractivity contribution is 7.89. The topological polar surface area (TPSA) is 58.6 Å². The van der Waals surface area contributed by atoms with Crippen molar-refractivity contribution >= 4 is 10.0 Å². The zero-order chi connectivity index (χ0) is 13.0. The summed E-state index contributed by atoms with van der Waals surface area (Å²) < 4.78 is 30.6.